The van der Waals surface area contributed by atoms with Gasteiger partial charge in [0.2, 0.25) is 0 Å². The minimum atomic E-state index is -3.40. The van der Waals surface area contributed by atoms with E-state index < -0.39 is 13.4 Å². The van der Waals surface area contributed by atoms with Crippen LogP contribution >= 0.6 is 7.60 Å². The topological polar surface area (TPSA) is 60.5 Å². The minimum absolute atomic E-state index is 0.383. The molecule has 6 heteroatoms. The number of hydrogen-bond acceptors (Lipinski definition) is 5. The SMILES string of the molecule is CCCOP(=O)(OCCC)[C@@H](Nc1ccccn1)c1ccccc1. The van der Waals surface area contributed by atoms with E-state index in [1.165, 1.54) is 0 Å². The van der Waals surface area contributed by atoms with E-state index in [0.717, 1.165) is 18.4 Å². The van der Waals surface area contributed by atoms with Gasteiger partial charge in [-0.15, -0.1) is 0 Å². The fourth-order valence-corrected chi connectivity index (χ4v) is 4.27. The van der Waals surface area contributed by atoms with E-state index in [4.69, 9.17) is 9.05 Å². The van der Waals surface area contributed by atoms with E-state index >= 15 is 0 Å². The van der Waals surface area contributed by atoms with Crippen molar-refractivity contribution in [2.75, 3.05) is 18.5 Å². The Morgan fingerprint density at radius 2 is 1.62 bits per heavy atom. The van der Waals surface area contributed by atoms with E-state index in [1.54, 1.807) is 6.20 Å². The van der Waals surface area contributed by atoms with Crippen molar-refractivity contribution in [2.24, 2.45) is 0 Å². The number of pyridine rings is 1. The Bertz CT molecular complexity index is 625. The quantitative estimate of drug-likeness (QED) is 0.595. The third kappa shape index (κ3) is 5.17. The molecule has 0 aliphatic heterocycles. The van der Waals surface area contributed by atoms with E-state index in [0.29, 0.717) is 19.0 Å². The fraction of sp³-hybridized carbons (Fsp3) is 0.389. The van der Waals surface area contributed by atoms with Gasteiger partial charge in [-0.05, 0) is 30.5 Å². The fourth-order valence-electron chi connectivity index (χ4n) is 2.19. The first-order valence-electron chi connectivity index (χ1n) is 8.31. The summed E-state index contributed by atoms with van der Waals surface area (Å²) in [6.07, 6.45) is 3.23. The van der Waals surface area contributed by atoms with Crippen LogP contribution in [-0.2, 0) is 13.6 Å². The molecule has 1 atom stereocenters. The zero-order chi connectivity index (χ0) is 17.3. The molecule has 5 nitrogen and oxygen atoms in total. The summed E-state index contributed by atoms with van der Waals surface area (Å²) in [5.41, 5.74) is 0.846. The van der Waals surface area contributed by atoms with Gasteiger partial charge < -0.3 is 14.4 Å². The summed E-state index contributed by atoms with van der Waals surface area (Å²) in [6, 6.07) is 15.1. The molecule has 0 amide bonds. The van der Waals surface area contributed by atoms with Crippen LogP contribution in [0.3, 0.4) is 0 Å². The lowest BCUT2D eigenvalue weighted by atomic mass is 10.2. The van der Waals surface area contributed by atoms with Crippen LogP contribution < -0.4 is 5.32 Å². The van der Waals surface area contributed by atoms with Gasteiger partial charge >= 0.3 is 7.60 Å². The normalized spacial score (nSPS) is 12.8. The van der Waals surface area contributed by atoms with Gasteiger partial charge in [-0.2, -0.15) is 0 Å². The predicted molar refractivity (Wildman–Crippen MR) is 97.1 cm³/mol. The molecule has 1 aromatic carbocycles. The van der Waals surface area contributed by atoms with E-state index in [1.807, 2.05) is 62.4 Å². The van der Waals surface area contributed by atoms with Crippen LogP contribution in [0.5, 0.6) is 0 Å². The molecule has 130 valence electrons. The molecular formula is C18H25N2O3P. The first-order chi connectivity index (χ1) is 11.7. The van der Waals surface area contributed by atoms with Crippen LogP contribution in [0.25, 0.3) is 0 Å². The highest BCUT2D eigenvalue weighted by molar-refractivity contribution is 7.54. The summed E-state index contributed by atoms with van der Waals surface area (Å²) in [5.74, 6) is 0.0264. The summed E-state index contributed by atoms with van der Waals surface area (Å²) in [6.45, 7) is 4.73. The Morgan fingerprint density at radius 1 is 1.00 bits per heavy atom. The third-order valence-electron chi connectivity index (χ3n) is 3.33. The number of aromatic nitrogens is 1. The average molecular weight is 348 g/mol. The van der Waals surface area contributed by atoms with Gasteiger partial charge in [0.05, 0.1) is 13.2 Å². The number of hydrogen-bond donors (Lipinski definition) is 1. The summed E-state index contributed by atoms with van der Waals surface area (Å²) in [7, 11) is -3.40. The maximum absolute atomic E-state index is 13.5. The molecule has 1 aromatic heterocycles. The average Bonchev–Trinajstić information content (AvgIpc) is 2.64. The van der Waals surface area contributed by atoms with Crippen LogP contribution in [0.15, 0.2) is 54.7 Å². The van der Waals surface area contributed by atoms with Crippen LogP contribution in [0.2, 0.25) is 0 Å². The molecule has 0 aliphatic rings. The Kier molecular flexibility index (Phi) is 7.44. The molecule has 2 rings (SSSR count). The van der Waals surface area contributed by atoms with Crippen molar-refractivity contribution < 1.29 is 13.6 Å². The number of benzene rings is 1. The lowest BCUT2D eigenvalue weighted by Gasteiger charge is -2.28. The third-order valence-corrected chi connectivity index (χ3v) is 5.48. The van der Waals surface area contributed by atoms with Gasteiger partial charge in [0.1, 0.15) is 5.82 Å². The molecule has 0 saturated carbocycles. The lowest BCUT2D eigenvalue weighted by Crippen LogP contribution is -2.16. The second kappa shape index (κ2) is 9.58. The molecule has 0 fully saturated rings. The highest BCUT2D eigenvalue weighted by Gasteiger charge is 2.37. The molecule has 0 bridgehead atoms. The van der Waals surface area contributed by atoms with Gasteiger partial charge in [-0.25, -0.2) is 4.98 Å². The first-order valence-corrected chi connectivity index (χ1v) is 9.92. The highest BCUT2D eigenvalue weighted by Crippen LogP contribution is 2.60. The van der Waals surface area contributed by atoms with Crippen molar-refractivity contribution in [3.8, 4) is 0 Å². The van der Waals surface area contributed by atoms with Crippen molar-refractivity contribution in [2.45, 2.75) is 32.5 Å². The number of rotatable bonds is 10. The maximum atomic E-state index is 13.5. The van der Waals surface area contributed by atoms with Crippen LogP contribution in [-0.4, -0.2) is 18.2 Å². The largest absolute Gasteiger partial charge is 0.357 e. The first kappa shape index (κ1) is 18.7. The molecule has 24 heavy (non-hydrogen) atoms. The zero-order valence-corrected chi connectivity index (χ0v) is 15.1. The molecular weight excluding hydrogens is 323 g/mol. The molecule has 1 heterocycles. The van der Waals surface area contributed by atoms with E-state index in [9.17, 15) is 4.57 Å². The van der Waals surface area contributed by atoms with Crippen LogP contribution in [0.1, 0.15) is 38.0 Å². The molecule has 0 unspecified atom stereocenters. The molecule has 1 N–H and O–H groups in total. The highest BCUT2D eigenvalue weighted by atomic mass is 31.2. The van der Waals surface area contributed by atoms with Crippen molar-refractivity contribution >= 4 is 13.4 Å². The predicted octanol–water partition coefficient (Wildman–Crippen LogP) is 5.24. The molecule has 2 aromatic rings. The lowest BCUT2D eigenvalue weighted by molar-refractivity contribution is 0.199. The number of nitrogens with one attached hydrogen (secondary N) is 1. The van der Waals surface area contributed by atoms with Crippen molar-refractivity contribution in [1.82, 2.24) is 4.98 Å². The second-order valence-electron chi connectivity index (χ2n) is 5.38. The summed E-state index contributed by atoms with van der Waals surface area (Å²) in [4.78, 5) is 4.27. The van der Waals surface area contributed by atoms with Crippen molar-refractivity contribution in [1.29, 1.82) is 0 Å². The van der Waals surface area contributed by atoms with Gasteiger partial charge in [-0.1, -0.05) is 50.2 Å². The van der Waals surface area contributed by atoms with E-state index in [2.05, 4.69) is 10.3 Å². The van der Waals surface area contributed by atoms with Crippen molar-refractivity contribution in [3.05, 3.63) is 60.3 Å². The van der Waals surface area contributed by atoms with Gasteiger partial charge in [0.15, 0.2) is 5.78 Å². The Hall–Kier alpha value is -1.68. The monoisotopic (exact) mass is 348 g/mol. The van der Waals surface area contributed by atoms with Gasteiger partial charge in [0, 0.05) is 6.20 Å². The smallest absolute Gasteiger partial charge is 0.353 e. The number of nitrogens with zero attached hydrogens (tertiary/aromatic N) is 1. The summed E-state index contributed by atoms with van der Waals surface area (Å²) in [5, 5.41) is 3.23. The minimum Gasteiger partial charge on any atom is -0.353 e. The standard InChI is InChI=1S/C18H25N2O3P/c1-3-14-22-24(21,23-15-4-2)18(16-10-6-5-7-11-16)20-17-12-8-9-13-19-17/h5-13,18H,3-4,14-15H2,1-2H3,(H,19,20)/t18-/m1/s1. The Morgan fingerprint density at radius 3 is 2.17 bits per heavy atom. The van der Waals surface area contributed by atoms with Gasteiger partial charge in [0.25, 0.3) is 0 Å². The summed E-state index contributed by atoms with van der Waals surface area (Å²) >= 11 is 0. The second-order valence-corrected chi connectivity index (χ2v) is 7.49. The molecule has 0 radical (unpaired) electrons. The molecule has 0 spiro atoms. The number of anilines is 1. The van der Waals surface area contributed by atoms with Crippen LogP contribution in [0.4, 0.5) is 5.82 Å². The van der Waals surface area contributed by atoms with Gasteiger partial charge in [-0.3, -0.25) is 4.57 Å². The van der Waals surface area contributed by atoms with E-state index in [-0.39, 0.29) is 0 Å². The molecule has 0 aliphatic carbocycles. The maximum Gasteiger partial charge on any atom is 0.357 e. The van der Waals surface area contributed by atoms with Crippen LogP contribution in [0, 0.1) is 0 Å². The van der Waals surface area contributed by atoms with Crippen molar-refractivity contribution in [3.63, 3.8) is 0 Å². The summed E-state index contributed by atoms with van der Waals surface area (Å²) < 4.78 is 24.9. The zero-order valence-electron chi connectivity index (χ0n) is 14.2. The Labute approximate surface area is 144 Å². The molecule has 0 saturated heterocycles. The Balaban J connectivity index is 2.35.